The number of nitrogens with one attached hydrogen (secondary N) is 2. The Balaban J connectivity index is 1.85. The molecule has 1 saturated heterocycles. The molecule has 0 aromatic rings. The van der Waals surface area contributed by atoms with Crippen LogP contribution in [0.4, 0.5) is 0 Å². The van der Waals surface area contributed by atoms with Gasteiger partial charge in [0.1, 0.15) is 0 Å². The molecule has 1 aliphatic heterocycles. The molecule has 2 unspecified atom stereocenters. The van der Waals surface area contributed by atoms with Gasteiger partial charge in [-0.1, -0.05) is 19.3 Å². The maximum absolute atomic E-state index is 12.2. The van der Waals surface area contributed by atoms with Crippen molar-refractivity contribution in [2.75, 3.05) is 12.3 Å². The quantitative estimate of drug-likeness (QED) is 0.819. The fraction of sp³-hybridized carbons (Fsp3) is 1.00. The third-order valence-corrected chi connectivity index (χ3v) is 5.84. The first-order chi connectivity index (χ1) is 8.57. The van der Waals surface area contributed by atoms with Gasteiger partial charge in [0.05, 0.1) is 5.75 Å². The Labute approximate surface area is 111 Å². The fourth-order valence-corrected chi connectivity index (χ4v) is 4.98. The number of rotatable bonds is 4. The predicted octanol–water partition coefficient (Wildman–Crippen LogP) is 1.63. The number of piperidine rings is 1. The molecule has 18 heavy (non-hydrogen) atoms. The van der Waals surface area contributed by atoms with Gasteiger partial charge in [-0.2, -0.15) is 0 Å². The van der Waals surface area contributed by atoms with Crippen molar-refractivity contribution in [2.24, 2.45) is 5.92 Å². The summed E-state index contributed by atoms with van der Waals surface area (Å²) in [7, 11) is -3.10. The van der Waals surface area contributed by atoms with Crippen LogP contribution in [0.5, 0.6) is 0 Å². The van der Waals surface area contributed by atoms with E-state index in [4.69, 9.17) is 0 Å². The van der Waals surface area contributed by atoms with Crippen LogP contribution in [0, 0.1) is 5.92 Å². The summed E-state index contributed by atoms with van der Waals surface area (Å²) in [5, 5.41) is 3.33. The minimum absolute atomic E-state index is 0.0762. The maximum atomic E-state index is 12.2. The highest BCUT2D eigenvalue weighted by Crippen LogP contribution is 2.25. The van der Waals surface area contributed by atoms with E-state index in [0.717, 1.165) is 32.2 Å². The molecule has 5 heteroatoms. The molecule has 0 aromatic carbocycles. The SMILES string of the molecule is CC1NCCCC1NS(=O)(=O)CC1CCCCC1. The van der Waals surface area contributed by atoms with E-state index in [1.807, 2.05) is 0 Å². The number of sulfonamides is 1. The van der Waals surface area contributed by atoms with E-state index in [0.29, 0.717) is 11.7 Å². The van der Waals surface area contributed by atoms with Gasteiger partial charge in [0, 0.05) is 12.1 Å². The van der Waals surface area contributed by atoms with Crippen LogP contribution in [0.15, 0.2) is 0 Å². The zero-order valence-corrected chi connectivity index (χ0v) is 12.1. The van der Waals surface area contributed by atoms with Gasteiger partial charge >= 0.3 is 0 Å². The predicted molar refractivity (Wildman–Crippen MR) is 74.0 cm³/mol. The molecule has 2 N–H and O–H groups in total. The van der Waals surface area contributed by atoms with Gasteiger partial charge in [-0.25, -0.2) is 13.1 Å². The Morgan fingerprint density at radius 1 is 1.11 bits per heavy atom. The summed E-state index contributed by atoms with van der Waals surface area (Å²) in [6, 6.07) is 0.326. The van der Waals surface area contributed by atoms with Crippen molar-refractivity contribution in [3.8, 4) is 0 Å². The number of hydrogen-bond donors (Lipinski definition) is 2. The van der Waals surface area contributed by atoms with E-state index >= 15 is 0 Å². The first-order valence-corrected chi connectivity index (χ1v) is 8.95. The second kappa shape index (κ2) is 6.35. The summed E-state index contributed by atoms with van der Waals surface area (Å²) in [6.45, 7) is 3.06. The minimum atomic E-state index is -3.10. The molecule has 1 saturated carbocycles. The van der Waals surface area contributed by atoms with Crippen LogP contribution >= 0.6 is 0 Å². The Hall–Kier alpha value is -0.130. The molecule has 2 rings (SSSR count). The van der Waals surface area contributed by atoms with E-state index in [1.54, 1.807) is 0 Å². The summed E-state index contributed by atoms with van der Waals surface area (Å²) in [5.41, 5.74) is 0. The third kappa shape index (κ3) is 4.21. The second-order valence-electron chi connectivity index (χ2n) is 5.89. The normalized spacial score (nSPS) is 31.4. The molecule has 0 radical (unpaired) electrons. The van der Waals surface area contributed by atoms with Crippen molar-refractivity contribution in [1.29, 1.82) is 0 Å². The molecule has 106 valence electrons. The minimum Gasteiger partial charge on any atom is -0.313 e. The molecule has 2 atom stereocenters. The van der Waals surface area contributed by atoms with Crippen molar-refractivity contribution in [3.63, 3.8) is 0 Å². The van der Waals surface area contributed by atoms with Gasteiger partial charge in [-0.3, -0.25) is 0 Å². The van der Waals surface area contributed by atoms with Crippen LogP contribution in [0.1, 0.15) is 51.9 Å². The summed E-state index contributed by atoms with van der Waals surface area (Å²) in [5.74, 6) is 0.707. The maximum Gasteiger partial charge on any atom is 0.212 e. The fourth-order valence-electron chi connectivity index (χ4n) is 3.15. The standard InChI is InChI=1S/C13H26N2O2S/c1-11-13(8-5-9-14-11)15-18(16,17)10-12-6-3-2-4-7-12/h11-15H,2-10H2,1H3. The zero-order valence-electron chi connectivity index (χ0n) is 11.3. The Morgan fingerprint density at radius 2 is 1.83 bits per heavy atom. The highest BCUT2D eigenvalue weighted by molar-refractivity contribution is 7.89. The van der Waals surface area contributed by atoms with Crippen molar-refractivity contribution >= 4 is 10.0 Å². The van der Waals surface area contributed by atoms with Gasteiger partial charge < -0.3 is 5.32 Å². The first kappa shape index (κ1) is 14.3. The van der Waals surface area contributed by atoms with Crippen LogP contribution in [0.2, 0.25) is 0 Å². The first-order valence-electron chi connectivity index (χ1n) is 7.30. The summed E-state index contributed by atoms with van der Waals surface area (Å²) in [6.07, 6.45) is 7.84. The van der Waals surface area contributed by atoms with E-state index in [9.17, 15) is 8.42 Å². The molecule has 0 amide bonds. The third-order valence-electron chi connectivity index (χ3n) is 4.27. The lowest BCUT2D eigenvalue weighted by molar-refractivity contribution is 0.344. The monoisotopic (exact) mass is 274 g/mol. The van der Waals surface area contributed by atoms with Crippen molar-refractivity contribution in [1.82, 2.24) is 10.0 Å². The highest BCUT2D eigenvalue weighted by atomic mass is 32.2. The summed E-state index contributed by atoms with van der Waals surface area (Å²) >= 11 is 0. The average Bonchev–Trinajstić information content (AvgIpc) is 2.32. The molecule has 0 bridgehead atoms. The molecule has 4 nitrogen and oxygen atoms in total. The largest absolute Gasteiger partial charge is 0.313 e. The molecular weight excluding hydrogens is 248 g/mol. The highest BCUT2D eigenvalue weighted by Gasteiger charge is 2.27. The molecule has 1 aliphatic carbocycles. The van der Waals surface area contributed by atoms with Crippen LogP contribution in [-0.4, -0.2) is 32.8 Å². The van der Waals surface area contributed by atoms with Gasteiger partial charge in [0.2, 0.25) is 10.0 Å². The lowest BCUT2D eigenvalue weighted by Crippen LogP contribution is -2.52. The van der Waals surface area contributed by atoms with Gasteiger partial charge in [0.25, 0.3) is 0 Å². The van der Waals surface area contributed by atoms with E-state index < -0.39 is 10.0 Å². The topological polar surface area (TPSA) is 58.2 Å². The van der Waals surface area contributed by atoms with Gasteiger partial charge in [-0.05, 0) is 45.1 Å². The summed E-state index contributed by atoms with van der Waals surface area (Å²) in [4.78, 5) is 0. The van der Waals surface area contributed by atoms with Crippen LogP contribution in [0.25, 0.3) is 0 Å². The van der Waals surface area contributed by atoms with E-state index in [1.165, 1.54) is 19.3 Å². The van der Waals surface area contributed by atoms with Gasteiger partial charge in [-0.15, -0.1) is 0 Å². The molecule has 1 heterocycles. The molecular formula is C13H26N2O2S. The van der Waals surface area contributed by atoms with Crippen molar-refractivity contribution < 1.29 is 8.42 Å². The average molecular weight is 274 g/mol. The molecule has 0 spiro atoms. The van der Waals surface area contributed by atoms with E-state index in [-0.39, 0.29) is 12.1 Å². The molecule has 2 aliphatic rings. The number of hydrogen-bond acceptors (Lipinski definition) is 3. The lowest BCUT2D eigenvalue weighted by atomic mass is 9.91. The van der Waals surface area contributed by atoms with Gasteiger partial charge in [0.15, 0.2) is 0 Å². The Kier molecular flexibility index (Phi) is 5.04. The molecule has 0 aromatic heterocycles. The lowest BCUT2D eigenvalue weighted by Gasteiger charge is -2.31. The van der Waals surface area contributed by atoms with Crippen LogP contribution in [-0.2, 0) is 10.0 Å². The van der Waals surface area contributed by atoms with Crippen molar-refractivity contribution in [2.45, 2.75) is 64.0 Å². The van der Waals surface area contributed by atoms with E-state index in [2.05, 4.69) is 17.0 Å². The van der Waals surface area contributed by atoms with Crippen LogP contribution < -0.4 is 10.0 Å². The second-order valence-corrected chi connectivity index (χ2v) is 7.69. The molecule has 2 fully saturated rings. The van der Waals surface area contributed by atoms with Crippen molar-refractivity contribution in [3.05, 3.63) is 0 Å². The Morgan fingerprint density at radius 3 is 2.50 bits per heavy atom. The Bertz CT molecular complexity index is 350. The zero-order chi connectivity index (χ0) is 13.0. The summed E-state index contributed by atoms with van der Waals surface area (Å²) < 4.78 is 27.2. The smallest absolute Gasteiger partial charge is 0.212 e. The van der Waals surface area contributed by atoms with Crippen LogP contribution in [0.3, 0.4) is 0 Å².